The van der Waals surface area contributed by atoms with Gasteiger partial charge in [0, 0.05) is 0 Å². The smallest absolute Gasteiger partial charge is 0.0591 e. The first-order valence-corrected chi connectivity index (χ1v) is 5.82. The first-order valence-electron chi connectivity index (χ1n) is 5.82. The Balaban J connectivity index is 3.60. The topological polar surface area (TPSA) is 20.2 Å². The van der Waals surface area contributed by atoms with Gasteiger partial charge in [-0.05, 0) is 38.0 Å². The van der Waals surface area contributed by atoms with Crippen molar-refractivity contribution in [3.8, 4) is 0 Å². The molecule has 1 atom stereocenters. The molecule has 0 aromatic carbocycles. The molecule has 0 aliphatic heterocycles. The Morgan fingerprint density at radius 3 is 1.93 bits per heavy atom. The average Bonchev–Trinajstić information content (AvgIpc) is 1.78. The molecule has 0 bridgehead atoms. The first kappa shape index (κ1) is 14.0. The molecule has 0 radical (unpaired) electrons. The maximum Gasteiger partial charge on any atom is 0.0591 e. The predicted octanol–water partition coefficient (Wildman–Crippen LogP) is 4.00. The van der Waals surface area contributed by atoms with E-state index < -0.39 is 5.60 Å². The van der Waals surface area contributed by atoms with Gasteiger partial charge in [0.25, 0.3) is 0 Å². The van der Waals surface area contributed by atoms with Gasteiger partial charge in [-0.3, -0.25) is 0 Å². The zero-order valence-corrected chi connectivity index (χ0v) is 10.9. The van der Waals surface area contributed by atoms with Crippen LogP contribution in [0, 0.1) is 11.3 Å². The molecule has 0 rings (SSSR count). The normalized spacial score (nSPS) is 15.6. The summed E-state index contributed by atoms with van der Waals surface area (Å²) in [6.07, 6.45) is 4.57. The highest BCUT2D eigenvalue weighted by Crippen LogP contribution is 2.27. The van der Waals surface area contributed by atoms with Crippen LogP contribution in [0.1, 0.15) is 67.2 Å². The van der Waals surface area contributed by atoms with Crippen molar-refractivity contribution in [3.05, 3.63) is 0 Å². The molecule has 0 saturated heterocycles. The second kappa shape index (κ2) is 5.16. The zero-order chi connectivity index (χ0) is 11.4. The highest BCUT2D eigenvalue weighted by atomic mass is 16.3. The van der Waals surface area contributed by atoms with E-state index in [1.807, 2.05) is 13.8 Å². The molecule has 0 saturated carbocycles. The molecule has 0 amide bonds. The van der Waals surface area contributed by atoms with Gasteiger partial charge < -0.3 is 5.11 Å². The van der Waals surface area contributed by atoms with Crippen LogP contribution >= 0.6 is 0 Å². The lowest BCUT2D eigenvalue weighted by atomic mass is 9.83. The summed E-state index contributed by atoms with van der Waals surface area (Å²) >= 11 is 0. The lowest BCUT2D eigenvalue weighted by molar-refractivity contribution is 0.0664. The third-order valence-corrected chi connectivity index (χ3v) is 2.45. The number of hydrogen-bond donors (Lipinski definition) is 1. The number of hydrogen-bond acceptors (Lipinski definition) is 1. The summed E-state index contributed by atoms with van der Waals surface area (Å²) in [7, 11) is 0. The molecule has 86 valence electrons. The van der Waals surface area contributed by atoms with Crippen molar-refractivity contribution in [2.24, 2.45) is 11.3 Å². The molecule has 1 unspecified atom stereocenters. The van der Waals surface area contributed by atoms with Crippen LogP contribution in [0.15, 0.2) is 0 Å². The van der Waals surface area contributed by atoms with Crippen molar-refractivity contribution in [3.63, 3.8) is 0 Å². The second-order valence-corrected chi connectivity index (χ2v) is 6.57. The van der Waals surface area contributed by atoms with Gasteiger partial charge in [-0.2, -0.15) is 0 Å². The molecule has 0 fully saturated rings. The molecule has 0 aliphatic carbocycles. The maximum absolute atomic E-state index is 9.56. The molecule has 0 aliphatic rings. The molecule has 1 heteroatoms. The van der Waals surface area contributed by atoms with Crippen LogP contribution in [0.5, 0.6) is 0 Å². The van der Waals surface area contributed by atoms with Crippen LogP contribution < -0.4 is 0 Å². The Morgan fingerprint density at radius 2 is 1.57 bits per heavy atom. The molecular formula is C13H28O. The summed E-state index contributed by atoms with van der Waals surface area (Å²) in [6.45, 7) is 13.0. The van der Waals surface area contributed by atoms with Crippen molar-refractivity contribution >= 4 is 0 Å². The molecule has 0 aromatic rings. The van der Waals surface area contributed by atoms with Crippen molar-refractivity contribution in [2.75, 3.05) is 0 Å². The number of aliphatic hydroxyl groups is 1. The quantitative estimate of drug-likeness (QED) is 0.711. The van der Waals surface area contributed by atoms with E-state index >= 15 is 0 Å². The van der Waals surface area contributed by atoms with Gasteiger partial charge in [0.05, 0.1) is 5.60 Å². The molecular weight excluding hydrogens is 172 g/mol. The first-order chi connectivity index (χ1) is 6.10. The highest BCUT2D eigenvalue weighted by Gasteiger charge is 2.17. The van der Waals surface area contributed by atoms with E-state index in [1.165, 1.54) is 12.8 Å². The second-order valence-electron chi connectivity index (χ2n) is 6.57. The summed E-state index contributed by atoms with van der Waals surface area (Å²) in [5.74, 6) is 0.775. The van der Waals surface area contributed by atoms with Gasteiger partial charge in [0.1, 0.15) is 0 Å². The van der Waals surface area contributed by atoms with Gasteiger partial charge in [-0.25, -0.2) is 0 Å². The standard InChI is InChI=1S/C13H28O/c1-11(10-12(2,3)4)8-7-9-13(5,6)14/h11,14H,7-10H2,1-6H3. The summed E-state index contributed by atoms with van der Waals surface area (Å²) in [4.78, 5) is 0. The zero-order valence-electron chi connectivity index (χ0n) is 10.9. The van der Waals surface area contributed by atoms with Gasteiger partial charge in [0.15, 0.2) is 0 Å². The largest absolute Gasteiger partial charge is 0.390 e. The van der Waals surface area contributed by atoms with E-state index in [0.29, 0.717) is 5.41 Å². The Morgan fingerprint density at radius 1 is 1.07 bits per heavy atom. The van der Waals surface area contributed by atoms with Crippen LogP contribution in [-0.2, 0) is 0 Å². The van der Waals surface area contributed by atoms with E-state index in [1.54, 1.807) is 0 Å². The Labute approximate surface area is 89.9 Å². The van der Waals surface area contributed by atoms with Crippen LogP contribution in [0.4, 0.5) is 0 Å². The average molecular weight is 200 g/mol. The van der Waals surface area contributed by atoms with E-state index in [9.17, 15) is 5.11 Å². The molecule has 0 heterocycles. The predicted molar refractivity (Wildman–Crippen MR) is 63.4 cm³/mol. The van der Waals surface area contributed by atoms with Crippen molar-refractivity contribution in [1.82, 2.24) is 0 Å². The summed E-state index contributed by atoms with van der Waals surface area (Å²) in [5, 5.41) is 9.56. The maximum atomic E-state index is 9.56. The Kier molecular flexibility index (Phi) is 5.14. The molecule has 14 heavy (non-hydrogen) atoms. The molecule has 1 N–H and O–H groups in total. The summed E-state index contributed by atoms with van der Waals surface area (Å²) < 4.78 is 0. The van der Waals surface area contributed by atoms with E-state index in [2.05, 4.69) is 27.7 Å². The lowest BCUT2D eigenvalue weighted by Gasteiger charge is -2.24. The minimum absolute atomic E-state index is 0.439. The van der Waals surface area contributed by atoms with Gasteiger partial charge in [-0.1, -0.05) is 40.5 Å². The van der Waals surface area contributed by atoms with Gasteiger partial charge in [-0.15, -0.1) is 0 Å². The molecule has 0 spiro atoms. The molecule has 1 nitrogen and oxygen atoms in total. The summed E-state index contributed by atoms with van der Waals surface area (Å²) in [5.41, 5.74) is -0.0460. The van der Waals surface area contributed by atoms with Gasteiger partial charge >= 0.3 is 0 Å². The fourth-order valence-corrected chi connectivity index (χ4v) is 2.03. The third kappa shape index (κ3) is 10.0. The minimum atomic E-state index is -0.485. The highest BCUT2D eigenvalue weighted by molar-refractivity contribution is 4.69. The fourth-order valence-electron chi connectivity index (χ4n) is 2.03. The van der Waals surface area contributed by atoms with E-state index in [0.717, 1.165) is 18.8 Å². The van der Waals surface area contributed by atoms with Crippen LogP contribution in [0.3, 0.4) is 0 Å². The SMILES string of the molecule is CC(CCCC(C)(C)O)CC(C)(C)C. The van der Waals surface area contributed by atoms with Crippen molar-refractivity contribution in [2.45, 2.75) is 72.8 Å². The third-order valence-electron chi connectivity index (χ3n) is 2.45. The van der Waals surface area contributed by atoms with Crippen molar-refractivity contribution < 1.29 is 5.11 Å². The van der Waals surface area contributed by atoms with E-state index in [4.69, 9.17) is 0 Å². The fraction of sp³-hybridized carbons (Fsp3) is 1.00. The Hall–Kier alpha value is -0.0400. The monoisotopic (exact) mass is 200 g/mol. The summed E-state index contributed by atoms with van der Waals surface area (Å²) in [6, 6.07) is 0. The van der Waals surface area contributed by atoms with Gasteiger partial charge in [0.2, 0.25) is 0 Å². The van der Waals surface area contributed by atoms with E-state index in [-0.39, 0.29) is 0 Å². The lowest BCUT2D eigenvalue weighted by Crippen LogP contribution is -2.18. The van der Waals surface area contributed by atoms with Crippen molar-refractivity contribution in [1.29, 1.82) is 0 Å². The van der Waals surface area contributed by atoms with Crippen LogP contribution in [0.2, 0.25) is 0 Å². The Bertz CT molecular complexity index is 148. The number of rotatable bonds is 5. The van der Waals surface area contributed by atoms with Crippen LogP contribution in [-0.4, -0.2) is 10.7 Å². The van der Waals surface area contributed by atoms with Crippen LogP contribution in [0.25, 0.3) is 0 Å². The molecule has 0 aromatic heterocycles. The minimum Gasteiger partial charge on any atom is -0.390 e.